The molecule has 2 atom stereocenters. The molecule has 3 aliphatic rings. The molecule has 53 valence electrons. The molecule has 3 rings (SSSR count). The van der Waals surface area contributed by atoms with Crippen LogP contribution in [0.4, 0.5) is 0 Å². The first-order chi connectivity index (χ1) is 6.72. The quantitative estimate of drug-likeness (QED) is 0.296. The number of rotatable bonds is 0. The Morgan fingerprint density at radius 1 is 1.00 bits per heavy atom. The lowest BCUT2D eigenvalue weighted by atomic mass is 8.80. The highest BCUT2D eigenvalue weighted by Gasteiger charge is 2.49. The van der Waals surface area contributed by atoms with E-state index in [1.165, 1.54) is 0 Å². The molecule has 0 unspecified atom stereocenters. The summed E-state index contributed by atoms with van der Waals surface area (Å²) in [6, 6.07) is 0. The number of hydrogen-bond acceptors (Lipinski definition) is 2. The first-order valence-electron chi connectivity index (χ1n) is 4.68. The van der Waals surface area contributed by atoms with Gasteiger partial charge in [0, 0.05) is 49.4 Å². The third-order valence-electron chi connectivity index (χ3n) is 2.55. The van der Waals surface area contributed by atoms with Crippen molar-refractivity contribution in [3.63, 3.8) is 0 Å². The molecule has 2 bridgehead atoms. The van der Waals surface area contributed by atoms with Gasteiger partial charge in [0.1, 0.15) is 0 Å². The first kappa shape index (κ1) is 11.8. The van der Waals surface area contributed by atoms with E-state index in [0.29, 0.717) is 6.49 Å². The third kappa shape index (κ3) is 2.53. The minimum Gasteiger partial charge on any atom is -0.191 e. The largest absolute Gasteiger partial charge is 0.191 e. The van der Waals surface area contributed by atoms with Crippen LogP contribution in [0.5, 0.6) is 0 Å². The van der Waals surface area contributed by atoms with Gasteiger partial charge in [0.2, 0.25) is 0 Å². The topological polar surface area (TPSA) is 0 Å². The van der Waals surface area contributed by atoms with Gasteiger partial charge in [-0.1, -0.05) is 4.55 Å². The standard InChI is InChI=1S/C2H3B10S2/c13-1-2(14)3-5-6-7-8-9-10-11-12(1)4-2/h1,13-14H/t1-,2-/m1/s1. The Morgan fingerprint density at radius 2 is 1.64 bits per heavy atom. The second-order valence-corrected chi connectivity index (χ2v) is 4.92. The molecule has 0 saturated carbocycles. The Bertz CT molecular complexity index is 197. The van der Waals surface area contributed by atoms with Gasteiger partial charge in [-0.05, 0) is 5.15 Å². The van der Waals surface area contributed by atoms with Gasteiger partial charge in [-0.15, -0.1) is 0 Å². The minimum absolute atomic E-state index is 0.146. The number of fused-ring (bicyclic) bond motifs is 7. The Labute approximate surface area is 105 Å². The van der Waals surface area contributed by atoms with Crippen molar-refractivity contribution in [1.82, 2.24) is 0 Å². The van der Waals surface area contributed by atoms with Crippen LogP contribution in [0.15, 0.2) is 0 Å². The summed E-state index contributed by atoms with van der Waals surface area (Å²) in [5.74, 6) is 0. The van der Waals surface area contributed by atoms with Crippen molar-refractivity contribution in [2.24, 2.45) is 0 Å². The van der Waals surface area contributed by atoms with Crippen LogP contribution in [-0.2, 0) is 0 Å². The Hall–Kier alpha value is 1.35. The summed E-state index contributed by atoms with van der Waals surface area (Å²) in [6.07, 6.45) is 0. The van der Waals surface area contributed by atoms with Crippen molar-refractivity contribution >= 4 is 95.5 Å². The second kappa shape index (κ2) is 5.12. The molecule has 0 aromatic rings. The lowest BCUT2D eigenvalue weighted by Gasteiger charge is -2.50. The van der Waals surface area contributed by atoms with Crippen molar-refractivity contribution in [3.8, 4) is 0 Å². The third-order valence-corrected chi connectivity index (χ3v) is 4.10. The van der Waals surface area contributed by atoms with E-state index in [1.807, 2.05) is 35.3 Å². The fourth-order valence-corrected chi connectivity index (χ4v) is 2.45. The van der Waals surface area contributed by atoms with Crippen LogP contribution >= 0.6 is 25.3 Å². The molecule has 3 fully saturated rings. The average molecular weight is 199 g/mol. The van der Waals surface area contributed by atoms with Gasteiger partial charge in [-0.2, -0.15) is 25.3 Å². The molecule has 0 amide bonds. The molecule has 9 radical (unpaired) electrons. The molecule has 0 aromatic heterocycles. The Balaban J connectivity index is 1.91. The number of thiol groups is 2. The van der Waals surface area contributed by atoms with Crippen LogP contribution in [0.2, 0.25) is 0 Å². The molecular weight excluding hydrogens is 196 g/mol. The van der Waals surface area contributed by atoms with Gasteiger partial charge in [0.05, 0.1) is 20.8 Å². The maximum absolute atomic E-state index is 4.61. The molecule has 3 saturated heterocycles. The summed E-state index contributed by atoms with van der Waals surface area (Å²) >= 11 is 9.17. The monoisotopic (exact) mass is 201 g/mol. The molecule has 12 heteroatoms. The molecule has 0 aromatic carbocycles. The summed E-state index contributed by atoms with van der Waals surface area (Å²) in [5.41, 5.74) is 0. The van der Waals surface area contributed by atoms with E-state index in [1.54, 1.807) is 0 Å². The van der Waals surface area contributed by atoms with Crippen molar-refractivity contribution < 1.29 is 0 Å². The summed E-state index contributed by atoms with van der Waals surface area (Å²) in [6.45, 7) is 0.434. The molecule has 14 heavy (non-hydrogen) atoms. The molecule has 3 heterocycles. The Kier molecular flexibility index (Phi) is 4.32. The molecule has 3 aliphatic heterocycles. The smallest absolute Gasteiger partial charge is 0.0760 e. The highest BCUT2D eigenvalue weighted by molar-refractivity contribution is 7.97. The van der Waals surface area contributed by atoms with E-state index in [0.717, 1.165) is 0 Å². The average Bonchev–Trinajstić information content (AvgIpc) is 2.24. The summed E-state index contributed by atoms with van der Waals surface area (Å²) in [7, 11) is 18.6. The minimum atomic E-state index is -0.146. The van der Waals surface area contributed by atoms with Gasteiger partial charge in [-0.3, -0.25) is 0 Å². The van der Waals surface area contributed by atoms with E-state index in [2.05, 4.69) is 53.7 Å². The maximum atomic E-state index is 4.61. The summed E-state index contributed by atoms with van der Waals surface area (Å²) in [5, 5.41) is 0.276. The molecular formula is C2H3B10S2. The Morgan fingerprint density at radius 3 is 2.36 bits per heavy atom. The normalized spacial score (nSPS) is 34.7. The lowest BCUT2D eigenvalue weighted by molar-refractivity contribution is 1.17. The van der Waals surface area contributed by atoms with Gasteiger partial charge in [0.25, 0.3) is 0 Å². The molecule has 0 spiro atoms. The van der Waals surface area contributed by atoms with E-state index < -0.39 is 0 Å². The van der Waals surface area contributed by atoms with Crippen molar-refractivity contribution in [2.45, 2.75) is 9.70 Å². The second-order valence-electron chi connectivity index (χ2n) is 3.59. The van der Waals surface area contributed by atoms with Crippen molar-refractivity contribution in [1.29, 1.82) is 0 Å². The van der Waals surface area contributed by atoms with E-state index in [4.69, 9.17) is 0 Å². The van der Waals surface area contributed by atoms with Crippen LogP contribution in [0.1, 0.15) is 0 Å². The van der Waals surface area contributed by atoms with Gasteiger partial charge in [0.15, 0.2) is 0 Å². The zero-order chi connectivity index (χ0) is 10.0. The van der Waals surface area contributed by atoms with E-state index in [9.17, 15) is 0 Å². The van der Waals surface area contributed by atoms with E-state index >= 15 is 0 Å². The predicted octanol–water partition coefficient (Wildman–Crippen LogP) is -3.33. The summed E-state index contributed by atoms with van der Waals surface area (Å²) in [4.78, 5) is 0. The zero-order valence-electron chi connectivity index (χ0n) is 7.75. The van der Waals surface area contributed by atoms with Crippen LogP contribution in [0.3, 0.4) is 0 Å². The van der Waals surface area contributed by atoms with Crippen LogP contribution in [0, 0.1) is 0 Å². The molecule has 0 nitrogen and oxygen atoms in total. The van der Waals surface area contributed by atoms with E-state index in [-0.39, 0.29) is 9.70 Å². The zero-order valence-corrected chi connectivity index (χ0v) is 9.53. The fourth-order valence-electron chi connectivity index (χ4n) is 1.66. The highest BCUT2D eigenvalue weighted by atomic mass is 32.1. The fraction of sp³-hybridized carbons (Fsp3) is 1.00. The van der Waals surface area contributed by atoms with Crippen LogP contribution in [-0.4, -0.2) is 80.0 Å². The van der Waals surface area contributed by atoms with Crippen LogP contribution in [0.25, 0.3) is 0 Å². The van der Waals surface area contributed by atoms with Gasteiger partial charge in [-0.25, -0.2) is 0 Å². The molecule has 0 N–H and O–H groups in total. The lowest BCUT2D eigenvalue weighted by Crippen LogP contribution is -2.73. The SMILES string of the molecule is S[C@H]1B2[B][B][B][B][B][B][B][B][C@@]1(S)[B]2. The maximum Gasteiger partial charge on any atom is 0.0760 e. The van der Waals surface area contributed by atoms with Crippen molar-refractivity contribution in [3.05, 3.63) is 0 Å². The first-order valence-corrected chi connectivity index (χ1v) is 5.64. The number of hydrogen-bond donors (Lipinski definition) is 2. The predicted molar refractivity (Wildman–Crippen MR) is 82.0 cm³/mol. The summed E-state index contributed by atoms with van der Waals surface area (Å²) < 4.78 is -0.146. The highest BCUT2D eigenvalue weighted by Crippen LogP contribution is 2.32. The van der Waals surface area contributed by atoms with Crippen molar-refractivity contribution in [2.75, 3.05) is 0 Å². The molecule has 0 aliphatic carbocycles. The van der Waals surface area contributed by atoms with Gasteiger partial charge >= 0.3 is 0 Å². The van der Waals surface area contributed by atoms with Crippen LogP contribution < -0.4 is 0 Å². The van der Waals surface area contributed by atoms with Gasteiger partial charge < -0.3 is 0 Å².